The lowest BCUT2D eigenvalue weighted by atomic mass is 9.92. The zero-order valence-electron chi connectivity index (χ0n) is 17.1. The van der Waals surface area contributed by atoms with Gasteiger partial charge in [-0.1, -0.05) is 18.2 Å². The van der Waals surface area contributed by atoms with Gasteiger partial charge in [-0.15, -0.1) is 0 Å². The van der Waals surface area contributed by atoms with Gasteiger partial charge in [-0.25, -0.2) is 0 Å². The zero-order chi connectivity index (χ0) is 21.1. The van der Waals surface area contributed by atoms with E-state index in [0.29, 0.717) is 22.9 Å². The quantitative estimate of drug-likeness (QED) is 0.439. The lowest BCUT2D eigenvalue weighted by Gasteiger charge is -2.30. The number of likely N-dealkylation sites (N-methyl/N-ethyl adjacent to an activating group) is 1. The van der Waals surface area contributed by atoms with Crippen molar-refractivity contribution in [2.24, 2.45) is 5.73 Å². The number of nitrogens with two attached hydrogens (primary N) is 2. The Morgan fingerprint density at radius 3 is 2.47 bits per heavy atom. The summed E-state index contributed by atoms with van der Waals surface area (Å²) in [6.45, 7) is 2.06. The third kappa shape index (κ3) is 4.28. The zero-order valence-corrected chi connectivity index (χ0v) is 17.1. The third-order valence-electron chi connectivity index (χ3n) is 5.49. The monoisotopic (exact) mass is 401 g/mol. The molecule has 5 N–H and O–H groups in total. The Morgan fingerprint density at radius 1 is 1.10 bits per heavy atom. The van der Waals surface area contributed by atoms with Crippen molar-refractivity contribution in [3.05, 3.63) is 71.9 Å². The van der Waals surface area contributed by atoms with Gasteiger partial charge >= 0.3 is 0 Å². The van der Waals surface area contributed by atoms with E-state index in [9.17, 15) is 0 Å². The molecule has 4 rings (SSSR count). The van der Waals surface area contributed by atoms with E-state index in [1.165, 1.54) is 0 Å². The summed E-state index contributed by atoms with van der Waals surface area (Å²) in [6, 6.07) is 19.2. The summed E-state index contributed by atoms with van der Waals surface area (Å²) in [5.74, 6) is 1.76. The van der Waals surface area contributed by atoms with Crippen LogP contribution >= 0.6 is 0 Å². The first kappa shape index (κ1) is 19.9. The molecule has 1 saturated heterocycles. The molecule has 6 nitrogen and oxygen atoms in total. The Hall–Kier alpha value is -3.38. The molecule has 0 bridgehead atoms. The molecule has 6 heteroatoms. The van der Waals surface area contributed by atoms with Crippen molar-refractivity contribution in [3.63, 3.8) is 0 Å². The molecule has 1 aliphatic heterocycles. The maximum Gasteiger partial charge on any atom is 0.127 e. The summed E-state index contributed by atoms with van der Waals surface area (Å²) >= 11 is 0. The summed E-state index contributed by atoms with van der Waals surface area (Å²) in [6.07, 6.45) is 2.22. The van der Waals surface area contributed by atoms with Gasteiger partial charge in [0, 0.05) is 29.4 Å². The van der Waals surface area contributed by atoms with Crippen LogP contribution in [0, 0.1) is 5.41 Å². The minimum atomic E-state index is -0.0769. The number of piperidine rings is 1. The van der Waals surface area contributed by atoms with Crippen LogP contribution in [0.25, 0.3) is 11.3 Å². The van der Waals surface area contributed by atoms with Crippen LogP contribution in [-0.4, -0.2) is 35.9 Å². The predicted octanol–water partition coefficient (Wildman–Crippen LogP) is 4.22. The molecule has 1 unspecified atom stereocenters. The number of nitrogens with zero attached hydrogens (tertiary/aromatic N) is 2. The normalized spacial score (nSPS) is 16.9. The number of nitrogen functional groups attached to an aromatic ring is 2. The Kier molecular flexibility index (Phi) is 5.68. The maximum absolute atomic E-state index is 8.03. The molecular formula is C24H27N5O. The van der Waals surface area contributed by atoms with Crippen LogP contribution in [0.3, 0.4) is 0 Å². The highest BCUT2D eigenvalue weighted by Crippen LogP contribution is 2.33. The molecule has 154 valence electrons. The third-order valence-corrected chi connectivity index (χ3v) is 5.49. The molecule has 2 heterocycles. The van der Waals surface area contributed by atoms with E-state index in [1.807, 2.05) is 60.7 Å². The molecular weight excluding hydrogens is 374 g/mol. The number of pyridine rings is 1. The number of para-hydroxylation sites is 1. The van der Waals surface area contributed by atoms with Crippen molar-refractivity contribution in [2.75, 3.05) is 25.9 Å². The van der Waals surface area contributed by atoms with Crippen LogP contribution in [0.15, 0.2) is 60.7 Å². The fourth-order valence-electron chi connectivity index (χ4n) is 4.00. The highest BCUT2D eigenvalue weighted by molar-refractivity contribution is 6.05. The van der Waals surface area contributed by atoms with Crippen LogP contribution in [0.5, 0.6) is 11.5 Å². The molecule has 30 heavy (non-hydrogen) atoms. The van der Waals surface area contributed by atoms with Crippen molar-refractivity contribution in [2.45, 2.75) is 18.8 Å². The maximum atomic E-state index is 8.03. The molecule has 1 atom stereocenters. The number of amidine groups is 1. The van der Waals surface area contributed by atoms with Gasteiger partial charge in [-0.05, 0) is 68.9 Å². The average molecular weight is 402 g/mol. The molecule has 1 aliphatic rings. The van der Waals surface area contributed by atoms with E-state index in [2.05, 4.69) is 11.9 Å². The molecule has 1 aromatic heterocycles. The average Bonchev–Trinajstić information content (AvgIpc) is 2.74. The molecule has 2 aromatic carbocycles. The van der Waals surface area contributed by atoms with E-state index in [4.69, 9.17) is 26.6 Å². The number of ether oxygens (including phenoxy) is 1. The van der Waals surface area contributed by atoms with E-state index in [1.54, 1.807) is 0 Å². The smallest absolute Gasteiger partial charge is 0.127 e. The van der Waals surface area contributed by atoms with Gasteiger partial charge in [0.15, 0.2) is 0 Å². The fourth-order valence-corrected chi connectivity index (χ4v) is 4.00. The van der Waals surface area contributed by atoms with Crippen LogP contribution in [0.1, 0.15) is 30.0 Å². The first-order valence-electron chi connectivity index (χ1n) is 10.2. The van der Waals surface area contributed by atoms with E-state index < -0.39 is 0 Å². The second-order valence-electron chi connectivity index (χ2n) is 7.81. The highest BCUT2D eigenvalue weighted by atomic mass is 16.5. The predicted molar refractivity (Wildman–Crippen MR) is 121 cm³/mol. The fraction of sp³-hybridized carbons (Fsp3) is 0.250. The standard InChI is InChI=1S/C24H27N5O/c1-29-13-5-6-17(15-29)21-14-20(25)22(24(26)27)23(28-21)16-9-11-19(12-10-16)30-18-7-3-2-4-8-18/h2-4,7-12,14,17H,5-6,13,15H2,1H3,(H2,25,28)(H3,26,27). The lowest BCUT2D eigenvalue weighted by Crippen LogP contribution is -2.31. The Balaban J connectivity index is 1.68. The van der Waals surface area contributed by atoms with Gasteiger partial charge in [0.25, 0.3) is 0 Å². The summed E-state index contributed by atoms with van der Waals surface area (Å²) in [4.78, 5) is 7.25. The van der Waals surface area contributed by atoms with Crippen molar-refractivity contribution in [1.29, 1.82) is 5.41 Å². The first-order valence-corrected chi connectivity index (χ1v) is 10.2. The number of rotatable bonds is 5. The largest absolute Gasteiger partial charge is 0.457 e. The number of nitrogens with one attached hydrogen (secondary N) is 1. The molecule has 3 aromatic rings. The van der Waals surface area contributed by atoms with E-state index in [0.717, 1.165) is 48.7 Å². The van der Waals surface area contributed by atoms with Crippen LogP contribution in [-0.2, 0) is 0 Å². The number of hydrogen-bond acceptors (Lipinski definition) is 5. The van der Waals surface area contributed by atoms with E-state index >= 15 is 0 Å². The highest BCUT2D eigenvalue weighted by Gasteiger charge is 2.23. The van der Waals surface area contributed by atoms with Gasteiger partial charge in [-0.3, -0.25) is 10.4 Å². The minimum Gasteiger partial charge on any atom is -0.457 e. The Labute approximate surface area is 177 Å². The number of likely N-dealkylation sites (tertiary alicyclic amines) is 1. The number of benzene rings is 2. The molecule has 0 spiro atoms. The second kappa shape index (κ2) is 8.55. The van der Waals surface area contributed by atoms with Crippen LogP contribution < -0.4 is 16.2 Å². The lowest BCUT2D eigenvalue weighted by molar-refractivity contribution is 0.248. The number of aromatic nitrogens is 1. The van der Waals surface area contributed by atoms with Crippen molar-refractivity contribution >= 4 is 11.5 Å². The number of hydrogen-bond donors (Lipinski definition) is 3. The number of anilines is 1. The minimum absolute atomic E-state index is 0.0769. The summed E-state index contributed by atoms with van der Waals surface area (Å²) in [5, 5.41) is 8.03. The molecule has 0 radical (unpaired) electrons. The van der Waals surface area contributed by atoms with Gasteiger partial charge < -0.3 is 21.1 Å². The van der Waals surface area contributed by atoms with Crippen LogP contribution in [0.2, 0.25) is 0 Å². The Morgan fingerprint density at radius 2 is 1.80 bits per heavy atom. The van der Waals surface area contributed by atoms with Gasteiger partial charge in [0.05, 0.1) is 11.3 Å². The topological polar surface area (TPSA) is 101 Å². The first-order chi connectivity index (χ1) is 14.5. The summed E-state index contributed by atoms with van der Waals surface area (Å²) < 4.78 is 5.88. The van der Waals surface area contributed by atoms with Crippen molar-refractivity contribution < 1.29 is 4.74 Å². The SMILES string of the molecule is CN1CCCC(c2cc(N)c(C(=N)N)c(-c3ccc(Oc4ccccc4)cc3)n2)C1. The van der Waals surface area contributed by atoms with Gasteiger partial charge in [0.2, 0.25) is 0 Å². The summed E-state index contributed by atoms with van der Waals surface area (Å²) in [7, 11) is 2.13. The van der Waals surface area contributed by atoms with Crippen molar-refractivity contribution in [3.8, 4) is 22.8 Å². The van der Waals surface area contributed by atoms with Crippen molar-refractivity contribution in [1.82, 2.24) is 9.88 Å². The van der Waals surface area contributed by atoms with Crippen LogP contribution in [0.4, 0.5) is 5.69 Å². The van der Waals surface area contributed by atoms with Gasteiger partial charge in [0.1, 0.15) is 17.3 Å². The van der Waals surface area contributed by atoms with E-state index in [-0.39, 0.29) is 5.84 Å². The molecule has 0 saturated carbocycles. The summed E-state index contributed by atoms with van der Waals surface area (Å²) in [5.41, 5.74) is 15.7. The van der Waals surface area contributed by atoms with Gasteiger partial charge in [-0.2, -0.15) is 0 Å². The molecule has 0 aliphatic carbocycles. The Bertz CT molecular complexity index is 1030. The molecule has 0 amide bonds. The molecule has 1 fully saturated rings. The second-order valence-corrected chi connectivity index (χ2v) is 7.81.